The second-order valence-electron chi connectivity index (χ2n) is 12.6. The predicted molar refractivity (Wildman–Crippen MR) is 212 cm³/mol. The van der Waals surface area contributed by atoms with Gasteiger partial charge in [0.2, 0.25) is 0 Å². The van der Waals surface area contributed by atoms with E-state index in [-0.39, 0.29) is 11.3 Å². The Labute approximate surface area is 349 Å². The van der Waals surface area contributed by atoms with Crippen LogP contribution in [0.4, 0.5) is 71.0 Å². The molecule has 0 unspecified atom stereocenters. The third-order valence-electron chi connectivity index (χ3n) is 8.54. The molecule has 0 radical (unpaired) electrons. The van der Waals surface area contributed by atoms with Gasteiger partial charge >= 0.3 is 6.18 Å². The molecule has 6 aromatic rings. The Morgan fingerprint density at radius 3 is 1.32 bits per heavy atom. The third kappa shape index (κ3) is 9.70. The molecule has 0 amide bonds. The minimum Gasteiger partial charge on any atom is -0.399 e. The summed E-state index contributed by atoms with van der Waals surface area (Å²) in [5.74, 6) is -17.1. The Hall–Kier alpha value is -5.09. The Kier molecular flexibility index (Phi) is 14.2. The number of hydrogen-bond donors (Lipinski definition) is 4. The number of rotatable bonds is 3. The zero-order valence-electron chi connectivity index (χ0n) is 30.3. The summed E-state index contributed by atoms with van der Waals surface area (Å²) in [5, 5.41) is 2.11. The average Bonchev–Trinajstić information content (AvgIpc) is 3.16. The minimum atomic E-state index is -4.45. The van der Waals surface area contributed by atoms with Gasteiger partial charge in [-0.05, 0) is 91.6 Å². The summed E-state index contributed by atoms with van der Waals surface area (Å²) < 4.78 is 147. The van der Waals surface area contributed by atoms with Gasteiger partial charge in [-0.15, -0.1) is 0 Å². The fraction of sp³-hybridized carbons (Fsp3) is 0.100. The molecule has 6 rings (SSSR count). The largest absolute Gasteiger partial charge is 0.417 e. The standard InChI is InChI=1S/C14H13F3N2.C13H9Cl4N.C13H5F8N/c1-8-6-9(18)2-4-11(8)12-5-3-10(19)7-13(12)14(15,16)17;1-6-2-10(15)7(3-9(6)14)8-4-12(17)13(18)5-11(8)16;1-2-5(14)7(16)3(8(17)6(2)15)4-9(18)11(20)13(22)12(21)10(4)19/h2-7H,18-19H2,1H3;2-5H,18H2,1H3;22H2,1H3. The summed E-state index contributed by atoms with van der Waals surface area (Å²) in [7, 11) is 0. The molecule has 0 saturated carbocycles. The molecule has 0 fully saturated rings. The van der Waals surface area contributed by atoms with Crippen LogP contribution in [0.15, 0.2) is 60.7 Å². The Balaban J connectivity index is 0.000000197. The maximum Gasteiger partial charge on any atom is 0.417 e. The summed E-state index contributed by atoms with van der Waals surface area (Å²) in [4.78, 5) is 0. The zero-order valence-corrected chi connectivity index (χ0v) is 33.3. The molecular formula is C40H27Cl4F11N4. The first-order chi connectivity index (χ1) is 27.3. The van der Waals surface area contributed by atoms with Crippen LogP contribution in [0, 0.1) is 67.3 Å². The van der Waals surface area contributed by atoms with Crippen LogP contribution >= 0.6 is 46.4 Å². The minimum absolute atomic E-state index is 0.0872. The predicted octanol–water partition coefficient (Wildman–Crippen LogP) is 14.1. The van der Waals surface area contributed by atoms with E-state index in [2.05, 4.69) is 0 Å². The molecule has 8 N–H and O–H groups in total. The van der Waals surface area contributed by atoms with Crippen molar-refractivity contribution in [2.75, 3.05) is 22.9 Å². The van der Waals surface area contributed by atoms with Crippen LogP contribution < -0.4 is 22.9 Å². The summed E-state index contributed by atoms with van der Waals surface area (Å²) in [6, 6.07) is 15.5. The van der Waals surface area contributed by atoms with Crippen molar-refractivity contribution in [2.45, 2.75) is 26.9 Å². The van der Waals surface area contributed by atoms with Crippen LogP contribution in [-0.2, 0) is 6.18 Å². The van der Waals surface area contributed by atoms with E-state index in [0.717, 1.165) is 17.2 Å². The lowest BCUT2D eigenvalue weighted by Gasteiger charge is -2.15. The average molecular weight is 914 g/mol. The van der Waals surface area contributed by atoms with Crippen molar-refractivity contribution in [3.63, 3.8) is 0 Å². The van der Waals surface area contributed by atoms with Crippen LogP contribution in [-0.4, -0.2) is 0 Å². The van der Waals surface area contributed by atoms with Crippen LogP contribution in [0.1, 0.15) is 22.3 Å². The number of nitrogens with two attached hydrogens (primary N) is 4. The molecule has 0 aliphatic rings. The molecule has 0 heterocycles. The second kappa shape index (κ2) is 18.0. The monoisotopic (exact) mass is 912 g/mol. The van der Waals surface area contributed by atoms with Crippen LogP contribution in [0.2, 0.25) is 20.1 Å². The molecule has 0 saturated heterocycles. The number of halogens is 15. The van der Waals surface area contributed by atoms with Crippen molar-refractivity contribution in [1.82, 2.24) is 0 Å². The first kappa shape index (κ1) is 46.6. The van der Waals surface area contributed by atoms with E-state index >= 15 is 0 Å². The number of anilines is 4. The Morgan fingerprint density at radius 1 is 0.424 bits per heavy atom. The van der Waals surface area contributed by atoms with Crippen molar-refractivity contribution in [2.24, 2.45) is 0 Å². The highest BCUT2D eigenvalue weighted by Gasteiger charge is 2.35. The van der Waals surface area contributed by atoms with Crippen molar-refractivity contribution in [1.29, 1.82) is 0 Å². The number of nitrogen functional groups attached to an aromatic ring is 4. The first-order valence-corrected chi connectivity index (χ1v) is 17.8. The summed E-state index contributed by atoms with van der Waals surface area (Å²) in [5.41, 5.74) is 18.9. The van der Waals surface area contributed by atoms with E-state index in [0.29, 0.717) is 55.1 Å². The Morgan fingerprint density at radius 2 is 0.847 bits per heavy atom. The molecule has 4 nitrogen and oxygen atoms in total. The van der Waals surface area contributed by atoms with Crippen molar-refractivity contribution in [3.05, 3.63) is 150 Å². The van der Waals surface area contributed by atoms with Gasteiger partial charge < -0.3 is 22.9 Å². The quantitative estimate of drug-likeness (QED) is 0.0806. The fourth-order valence-electron chi connectivity index (χ4n) is 5.47. The van der Waals surface area contributed by atoms with Crippen LogP contribution in [0.3, 0.4) is 0 Å². The highest BCUT2D eigenvalue weighted by molar-refractivity contribution is 6.39. The fourth-order valence-corrected chi connectivity index (χ4v) is 6.39. The first-order valence-electron chi connectivity index (χ1n) is 16.3. The maximum atomic E-state index is 13.7. The number of alkyl halides is 3. The molecule has 0 aromatic heterocycles. The Bertz CT molecular complexity index is 2440. The van der Waals surface area contributed by atoms with Gasteiger partial charge in [-0.2, -0.15) is 13.2 Å². The molecule has 6 aromatic carbocycles. The second-order valence-corrected chi connectivity index (χ2v) is 14.2. The van der Waals surface area contributed by atoms with Gasteiger partial charge in [0, 0.05) is 38.1 Å². The molecule has 312 valence electrons. The van der Waals surface area contributed by atoms with Gasteiger partial charge in [0.1, 0.15) is 5.69 Å². The van der Waals surface area contributed by atoms with E-state index in [9.17, 15) is 48.3 Å². The molecular weight excluding hydrogens is 887 g/mol. The van der Waals surface area contributed by atoms with Crippen molar-refractivity contribution < 1.29 is 48.3 Å². The van der Waals surface area contributed by atoms with Gasteiger partial charge in [0.05, 0.1) is 32.4 Å². The van der Waals surface area contributed by atoms with E-state index in [1.807, 2.05) is 6.92 Å². The molecule has 0 bridgehead atoms. The van der Waals surface area contributed by atoms with E-state index in [1.165, 1.54) is 12.1 Å². The highest BCUT2D eigenvalue weighted by Crippen LogP contribution is 2.42. The molecule has 0 aliphatic heterocycles. The summed E-state index contributed by atoms with van der Waals surface area (Å²) in [6.07, 6.45) is -4.45. The SMILES string of the molecule is Cc1c(F)c(F)c(-c2c(F)c(F)c(N)c(F)c2F)c(F)c1F.Cc1cc(Cl)c(-c2cc(Cl)c(N)cc2Cl)cc1Cl.Cc1cc(N)ccc1-c1ccc(N)cc1C(F)(F)F. The van der Waals surface area contributed by atoms with Gasteiger partial charge in [-0.3, -0.25) is 0 Å². The topological polar surface area (TPSA) is 104 Å². The van der Waals surface area contributed by atoms with Gasteiger partial charge in [0.25, 0.3) is 0 Å². The molecule has 0 aliphatic carbocycles. The summed E-state index contributed by atoms with van der Waals surface area (Å²) in [6.45, 7) is 4.27. The lowest BCUT2D eigenvalue weighted by molar-refractivity contribution is -0.137. The highest BCUT2D eigenvalue weighted by atomic mass is 35.5. The molecule has 19 heteroatoms. The number of aryl methyl sites for hydroxylation is 2. The van der Waals surface area contributed by atoms with Crippen molar-refractivity contribution >= 4 is 69.2 Å². The van der Waals surface area contributed by atoms with Gasteiger partial charge in [-0.25, -0.2) is 35.1 Å². The third-order valence-corrected chi connectivity index (χ3v) is 9.90. The molecule has 0 spiro atoms. The maximum absolute atomic E-state index is 13.7. The van der Waals surface area contributed by atoms with Crippen LogP contribution in [0.25, 0.3) is 33.4 Å². The van der Waals surface area contributed by atoms with E-state index in [4.69, 9.17) is 69.3 Å². The normalized spacial score (nSPS) is 11.2. The lowest BCUT2D eigenvalue weighted by Crippen LogP contribution is -2.10. The van der Waals surface area contributed by atoms with Gasteiger partial charge in [0.15, 0.2) is 46.5 Å². The van der Waals surface area contributed by atoms with Crippen LogP contribution in [0.5, 0.6) is 0 Å². The smallest absolute Gasteiger partial charge is 0.399 e. The molecule has 59 heavy (non-hydrogen) atoms. The number of benzene rings is 6. The number of hydrogen-bond acceptors (Lipinski definition) is 4. The summed E-state index contributed by atoms with van der Waals surface area (Å²) >= 11 is 24.5. The van der Waals surface area contributed by atoms with Gasteiger partial charge in [-0.1, -0.05) is 58.5 Å². The zero-order chi connectivity index (χ0) is 44.6. The van der Waals surface area contributed by atoms with Crippen molar-refractivity contribution in [3.8, 4) is 33.4 Å². The molecule has 0 atom stereocenters. The van der Waals surface area contributed by atoms with E-state index in [1.54, 1.807) is 49.4 Å². The lowest BCUT2D eigenvalue weighted by atomic mass is 9.95. The van der Waals surface area contributed by atoms with E-state index < -0.39 is 80.7 Å².